The Bertz CT molecular complexity index is 3790. The Kier molecular flexibility index (Phi) is 12.9. The molecule has 0 aliphatic carbocycles. The fourth-order valence-corrected chi connectivity index (χ4v) is 9.79. The number of carbonyl (C=O) groups excluding carboxylic acids is 2. The van der Waals surface area contributed by atoms with E-state index in [0.717, 1.165) is 34.7 Å². The van der Waals surface area contributed by atoms with Crippen molar-refractivity contribution in [2.45, 2.75) is 84.8 Å². The molecule has 0 aliphatic rings. The van der Waals surface area contributed by atoms with Gasteiger partial charge in [-0.25, -0.2) is 9.59 Å². The second-order valence-corrected chi connectivity index (χ2v) is 20.0. The third kappa shape index (κ3) is 9.85. The molecule has 11 rings (SSSR count). The zero-order valence-electron chi connectivity index (χ0n) is 41.8. The molecule has 4 heteroatoms. The highest BCUT2D eigenvalue weighted by Gasteiger charge is 2.27. The normalized spacial score (nSPS) is 13.1. The zero-order chi connectivity index (χ0) is 49.4. The molecule has 0 amide bonds. The first-order valence-corrected chi connectivity index (χ1v) is 25.1. The summed E-state index contributed by atoms with van der Waals surface area (Å²) in [4.78, 5) is 25.7. The van der Waals surface area contributed by atoms with Gasteiger partial charge in [-0.05, 0) is 240 Å². The molecule has 0 radical (unpaired) electrons. The number of hydrogen-bond acceptors (Lipinski definition) is 4. The highest BCUT2D eigenvalue weighted by Crippen LogP contribution is 2.35. The molecule has 0 aliphatic heterocycles. The summed E-state index contributed by atoms with van der Waals surface area (Å²) in [7, 11) is 0. The van der Waals surface area contributed by atoms with E-state index in [4.69, 9.17) is 9.47 Å². The lowest BCUT2D eigenvalue weighted by Crippen LogP contribution is -2.25. The van der Waals surface area contributed by atoms with E-state index in [9.17, 15) is 9.59 Å². The van der Waals surface area contributed by atoms with E-state index < -0.39 is 5.60 Å². The molecule has 11 aromatic rings. The van der Waals surface area contributed by atoms with Gasteiger partial charge in [0.05, 0.1) is 11.1 Å². The molecule has 71 heavy (non-hydrogen) atoms. The van der Waals surface area contributed by atoms with E-state index in [2.05, 4.69) is 173 Å². The molecule has 0 saturated carbocycles. The van der Waals surface area contributed by atoms with Crippen molar-refractivity contribution >= 4 is 87.3 Å². The van der Waals surface area contributed by atoms with Crippen LogP contribution in [0.5, 0.6) is 0 Å². The summed E-state index contributed by atoms with van der Waals surface area (Å²) in [5.41, 5.74) is 4.87. The van der Waals surface area contributed by atoms with Gasteiger partial charge in [-0.2, -0.15) is 0 Å². The van der Waals surface area contributed by atoms with Crippen molar-refractivity contribution in [2.24, 2.45) is 0 Å². The number of rotatable bonds is 10. The maximum Gasteiger partial charge on any atom is 0.338 e. The number of benzene rings is 11. The lowest BCUT2D eigenvalue weighted by molar-refractivity contribution is -0.00311. The summed E-state index contributed by atoms with van der Waals surface area (Å²) in [6, 6.07) is 67.7. The number of hydrogen-bond donors (Lipinski definition) is 0. The molecule has 0 spiro atoms. The first kappa shape index (κ1) is 46.9. The molecule has 3 unspecified atom stereocenters. The second-order valence-electron chi connectivity index (χ2n) is 20.0. The Balaban J connectivity index is 0.000000165. The smallest absolute Gasteiger partial charge is 0.338 e. The minimum Gasteiger partial charge on any atom is -0.454 e. The van der Waals surface area contributed by atoms with Gasteiger partial charge in [0, 0.05) is 0 Å². The van der Waals surface area contributed by atoms with Gasteiger partial charge < -0.3 is 9.47 Å². The van der Waals surface area contributed by atoms with Gasteiger partial charge in [0.2, 0.25) is 0 Å². The van der Waals surface area contributed by atoms with Crippen LogP contribution in [0.4, 0.5) is 0 Å². The fraction of sp³-hybridized carbons (Fsp3) is 0.194. The summed E-state index contributed by atoms with van der Waals surface area (Å²) < 4.78 is 11.8. The molecular formula is C67H60O4. The van der Waals surface area contributed by atoms with Crippen LogP contribution in [0.1, 0.15) is 122 Å². The quantitative estimate of drug-likeness (QED) is 0.101. The van der Waals surface area contributed by atoms with Gasteiger partial charge in [0.1, 0.15) is 11.7 Å². The van der Waals surface area contributed by atoms with Crippen LogP contribution in [-0.4, -0.2) is 11.9 Å². The monoisotopic (exact) mass is 928 g/mol. The van der Waals surface area contributed by atoms with E-state index in [1.165, 1.54) is 75.8 Å². The van der Waals surface area contributed by atoms with Crippen LogP contribution in [0.2, 0.25) is 0 Å². The summed E-state index contributed by atoms with van der Waals surface area (Å²) >= 11 is 0. The molecular weight excluding hydrogens is 869 g/mol. The van der Waals surface area contributed by atoms with E-state index in [1.807, 2.05) is 69.3 Å². The zero-order valence-corrected chi connectivity index (χ0v) is 41.8. The van der Waals surface area contributed by atoms with E-state index in [1.54, 1.807) is 0 Å². The van der Waals surface area contributed by atoms with E-state index >= 15 is 0 Å². The van der Waals surface area contributed by atoms with Gasteiger partial charge >= 0.3 is 11.9 Å². The Morgan fingerprint density at radius 1 is 0.380 bits per heavy atom. The average molecular weight is 929 g/mol. The van der Waals surface area contributed by atoms with Crippen molar-refractivity contribution in [3.63, 3.8) is 0 Å². The maximum atomic E-state index is 12.9. The third-order valence-corrected chi connectivity index (χ3v) is 14.8. The van der Waals surface area contributed by atoms with E-state index in [0.29, 0.717) is 23.0 Å². The Morgan fingerprint density at radius 2 is 0.704 bits per heavy atom. The van der Waals surface area contributed by atoms with Gasteiger partial charge in [-0.1, -0.05) is 125 Å². The fourth-order valence-electron chi connectivity index (χ4n) is 9.79. The summed E-state index contributed by atoms with van der Waals surface area (Å²) in [6.45, 7) is 14.6. The predicted molar refractivity (Wildman–Crippen MR) is 298 cm³/mol. The van der Waals surface area contributed by atoms with Crippen LogP contribution in [-0.2, 0) is 15.1 Å². The molecule has 0 fully saturated rings. The van der Waals surface area contributed by atoms with Crippen molar-refractivity contribution in [3.8, 4) is 0 Å². The molecule has 0 saturated heterocycles. The summed E-state index contributed by atoms with van der Waals surface area (Å²) in [6.07, 6.45) is 1.81. The average Bonchev–Trinajstić information content (AvgIpc) is 3.39. The lowest BCUT2D eigenvalue weighted by atomic mass is 9.93. The maximum absolute atomic E-state index is 12.9. The third-order valence-electron chi connectivity index (χ3n) is 14.8. The largest absolute Gasteiger partial charge is 0.454 e. The van der Waals surface area contributed by atoms with Crippen molar-refractivity contribution in [1.29, 1.82) is 0 Å². The Labute approximate surface area is 416 Å². The number of carbonyl (C=O) groups is 2. The van der Waals surface area contributed by atoms with Crippen LogP contribution in [0, 0.1) is 0 Å². The van der Waals surface area contributed by atoms with Crippen molar-refractivity contribution in [2.75, 3.05) is 0 Å². The van der Waals surface area contributed by atoms with Gasteiger partial charge in [-0.15, -0.1) is 0 Å². The SMILES string of the molecule is CCC(C)c1ccc(C(=O)OC(C)(C)c2ccc3cc4cc5ccccc5cc4cc3c2)cc1.CCC(C)c1ccc(C(=O)OC(C)c2ccc3cc4cc5cc6ccccc6cc5cc4cc3c2)cc1. The molecule has 11 aromatic carbocycles. The minimum absolute atomic E-state index is 0.291. The van der Waals surface area contributed by atoms with Crippen molar-refractivity contribution < 1.29 is 19.1 Å². The minimum atomic E-state index is -0.751. The van der Waals surface area contributed by atoms with Crippen LogP contribution >= 0.6 is 0 Å². The van der Waals surface area contributed by atoms with Crippen molar-refractivity contribution in [3.05, 3.63) is 228 Å². The highest BCUT2D eigenvalue weighted by molar-refractivity contribution is 6.08. The second kappa shape index (κ2) is 19.5. The number of fused-ring (bicyclic) bond motifs is 7. The molecule has 0 aromatic heterocycles. The lowest BCUT2D eigenvalue weighted by Gasteiger charge is -2.26. The van der Waals surface area contributed by atoms with Crippen molar-refractivity contribution in [1.82, 2.24) is 0 Å². The molecule has 352 valence electrons. The first-order valence-electron chi connectivity index (χ1n) is 25.1. The Hall–Kier alpha value is -7.82. The molecule has 0 bridgehead atoms. The standard InChI is InChI=1S/C35H30O2.C32H30O2/c1-4-22(2)24-9-11-25(12-10-24)35(36)37-23(3)26-13-14-29-18-33-20-31-16-27-7-5-6-8-28(27)17-32(31)21-34(33)19-30(29)15-26;1-5-21(2)22-10-12-23(13-11-22)31(33)34-32(3,4)30-15-14-26-18-27-16-24-8-6-7-9-25(24)17-28(27)19-29(26)20-30/h5-23H,4H2,1-3H3;6-21H,5H2,1-4H3. The molecule has 4 nitrogen and oxygen atoms in total. The number of esters is 2. The van der Waals surface area contributed by atoms with Gasteiger partial charge in [-0.3, -0.25) is 0 Å². The topological polar surface area (TPSA) is 52.6 Å². The predicted octanol–water partition coefficient (Wildman–Crippen LogP) is 18.5. The van der Waals surface area contributed by atoms with Crippen LogP contribution < -0.4 is 0 Å². The van der Waals surface area contributed by atoms with Crippen LogP contribution in [0.15, 0.2) is 194 Å². The highest BCUT2D eigenvalue weighted by atomic mass is 16.6. The number of ether oxygens (including phenoxy) is 2. The first-order chi connectivity index (χ1) is 34.3. The van der Waals surface area contributed by atoms with Crippen LogP contribution in [0.3, 0.4) is 0 Å². The summed E-state index contributed by atoms with van der Waals surface area (Å²) in [5.74, 6) is 0.370. The Morgan fingerprint density at radius 3 is 1.11 bits per heavy atom. The van der Waals surface area contributed by atoms with Gasteiger partial charge in [0.25, 0.3) is 0 Å². The summed E-state index contributed by atoms with van der Waals surface area (Å²) in [5, 5.41) is 17.0. The van der Waals surface area contributed by atoms with Gasteiger partial charge in [0.15, 0.2) is 0 Å². The van der Waals surface area contributed by atoms with Crippen LogP contribution in [0.25, 0.3) is 75.4 Å². The molecule has 3 atom stereocenters. The molecule has 0 N–H and O–H groups in total. The van der Waals surface area contributed by atoms with E-state index in [-0.39, 0.29) is 18.0 Å². The molecule has 0 heterocycles.